The average Bonchev–Trinajstić information content (AvgIpc) is 2.58. The number of ether oxygens (including phenoxy) is 2. The van der Waals surface area contributed by atoms with Crippen molar-refractivity contribution in [2.45, 2.75) is 27.4 Å². The second kappa shape index (κ2) is 7.73. The molecule has 0 heterocycles. The largest absolute Gasteiger partial charge is 0.497 e. The van der Waals surface area contributed by atoms with Crippen molar-refractivity contribution >= 4 is 11.7 Å². The summed E-state index contributed by atoms with van der Waals surface area (Å²) >= 11 is 0. The summed E-state index contributed by atoms with van der Waals surface area (Å²) in [7, 11) is 1.64. The van der Waals surface area contributed by atoms with E-state index in [4.69, 9.17) is 14.3 Å². The van der Waals surface area contributed by atoms with Gasteiger partial charge in [0.25, 0.3) is 0 Å². The standard InChI is InChI=1S/C19H23NO4/c1-19(2,3)18(21)24-20-15-7-11-17(12-8-15)23-13-14-5-9-16(22-4)10-6-14/h5-12,20H,13H2,1-4H3. The van der Waals surface area contributed by atoms with Crippen LogP contribution in [-0.2, 0) is 16.2 Å². The summed E-state index contributed by atoms with van der Waals surface area (Å²) in [4.78, 5) is 16.7. The van der Waals surface area contributed by atoms with Crippen LogP contribution in [0.3, 0.4) is 0 Å². The summed E-state index contributed by atoms with van der Waals surface area (Å²) in [5.41, 5.74) is 3.84. The number of carbonyl (C=O) groups is 1. The molecule has 2 aromatic carbocycles. The lowest BCUT2D eigenvalue weighted by Crippen LogP contribution is -2.25. The van der Waals surface area contributed by atoms with Crippen molar-refractivity contribution in [1.82, 2.24) is 0 Å². The van der Waals surface area contributed by atoms with Crippen molar-refractivity contribution in [3.8, 4) is 11.5 Å². The molecule has 0 amide bonds. The van der Waals surface area contributed by atoms with Gasteiger partial charge in [0, 0.05) is 0 Å². The number of hydrogen-bond donors (Lipinski definition) is 1. The predicted molar refractivity (Wildman–Crippen MR) is 92.9 cm³/mol. The minimum Gasteiger partial charge on any atom is -0.497 e. The van der Waals surface area contributed by atoms with Crippen molar-refractivity contribution in [3.63, 3.8) is 0 Å². The lowest BCUT2D eigenvalue weighted by Gasteiger charge is -2.16. The van der Waals surface area contributed by atoms with E-state index in [1.807, 2.05) is 36.4 Å². The SMILES string of the molecule is COc1ccc(COc2ccc(NOC(=O)C(C)(C)C)cc2)cc1. The fourth-order valence-corrected chi connectivity index (χ4v) is 1.77. The second-order valence-electron chi connectivity index (χ2n) is 6.40. The number of rotatable bonds is 6. The third-order valence-corrected chi connectivity index (χ3v) is 3.29. The highest BCUT2D eigenvalue weighted by atomic mass is 16.7. The highest BCUT2D eigenvalue weighted by Crippen LogP contribution is 2.20. The summed E-state index contributed by atoms with van der Waals surface area (Å²) in [6.07, 6.45) is 0. The Bertz CT molecular complexity index is 657. The molecular weight excluding hydrogens is 306 g/mol. The Morgan fingerprint density at radius 1 is 0.958 bits per heavy atom. The van der Waals surface area contributed by atoms with Crippen LogP contribution >= 0.6 is 0 Å². The van der Waals surface area contributed by atoms with E-state index in [1.165, 1.54) is 0 Å². The summed E-state index contributed by atoms with van der Waals surface area (Å²) in [6.45, 7) is 5.86. The van der Waals surface area contributed by atoms with Gasteiger partial charge in [-0.25, -0.2) is 10.3 Å². The number of methoxy groups -OCH3 is 1. The first-order chi connectivity index (χ1) is 11.4. The third-order valence-electron chi connectivity index (χ3n) is 3.29. The van der Waals surface area contributed by atoms with Gasteiger partial charge in [-0.05, 0) is 62.7 Å². The lowest BCUT2D eigenvalue weighted by atomic mass is 9.98. The topological polar surface area (TPSA) is 56.8 Å². The molecule has 0 spiro atoms. The molecule has 5 nitrogen and oxygen atoms in total. The molecule has 2 aromatic rings. The van der Waals surface area contributed by atoms with E-state index >= 15 is 0 Å². The Kier molecular flexibility index (Phi) is 5.68. The molecule has 0 unspecified atom stereocenters. The van der Waals surface area contributed by atoms with Crippen LogP contribution in [0.4, 0.5) is 5.69 Å². The average molecular weight is 329 g/mol. The molecule has 0 atom stereocenters. The van der Waals surface area contributed by atoms with Crippen LogP contribution in [0.25, 0.3) is 0 Å². The quantitative estimate of drug-likeness (QED) is 0.805. The summed E-state index contributed by atoms with van der Waals surface area (Å²) in [5.74, 6) is 1.24. The van der Waals surface area contributed by atoms with E-state index in [1.54, 1.807) is 40.0 Å². The van der Waals surface area contributed by atoms with Gasteiger partial charge in [0.1, 0.15) is 18.1 Å². The molecule has 128 valence electrons. The molecule has 0 aliphatic heterocycles. The van der Waals surface area contributed by atoms with Gasteiger partial charge in [-0.2, -0.15) is 0 Å². The van der Waals surface area contributed by atoms with Gasteiger partial charge in [0.2, 0.25) is 0 Å². The van der Waals surface area contributed by atoms with Gasteiger partial charge in [-0.3, -0.25) is 0 Å². The Morgan fingerprint density at radius 2 is 1.54 bits per heavy atom. The smallest absolute Gasteiger partial charge is 0.337 e. The van der Waals surface area contributed by atoms with Crippen LogP contribution < -0.4 is 15.0 Å². The molecule has 0 aliphatic rings. The molecule has 0 fully saturated rings. The number of hydrogen-bond acceptors (Lipinski definition) is 5. The van der Waals surface area contributed by atoms with Crippen molar-refractivity contribution in [1.29, 1.82) is 0 Å². The van der Waals surface area contributed by atoms with Crippen LogP contribution in [0.5, 0.6) is 11.5 Å². The van der Waals surface area contributed by atoms with Gasteiger partial charge in [0.05, 0.1) is 18.2 Å². The molecule has 5 heteroatoms. The second-order valence-corrected chi connectivity index (χ2v) is 6.40. The third kappa shape index (κ3) is 5.19. The molecule has 0 radical (unpaired) electrons. The van der Waals surface area contributed by atoms with Gasteiger partial charge >= 0.3 is 5.97 Å². The van der Waals surface area contributed by atoms with Crippen LogP contribution in [0.15, 0.2) is 48.5 Å². The van der Waals surface area contributed by atoms with Crippen LogP contribution in [-0.4, -0.2) is 13.1 Å². The Hall–Kier alpha value is -2.69. The van der Waals surface area contributed by atoms with Crippen molar-refractivity contribution < 1.29 is 19.1 Å². The van der Waals surface area contributed by atoms with Crippen LogP contribution in [0.2, 0.25) is 0 Å². The minimum absolute atomic E-state index is 0.317. The molecule has 0 bridgehead atoms. The van der Waals surface area contributed by atoms with E-state index in [9.17, 15) is 4.79 Å². The molecular formula is C19H23NO4. The van der Waals surface area contributed by atoms with E-state index in [0.29, 0.717) is 12.3 Å². The summed E-state index contributed by atoms with van der Waals surface area (Å²) in [5, 5.41) is 0. The normalized spacial score (nSPS) is 10.8. The van der Waals surface area contributed by atoms with Gasteiger partial charge in [0.15, 0.2) is 0 Å². The fourth-order valence-electron chi connectivity index (χ4n) is 1.77. The van der Waals surface area contributed by atoms with E-state index in [0.717, 1.165) is 17.1 Å². The molecule has 24 heavy (non-hydrogen) atoms. The van der Waals surface area contributed by atoms with Crippen molar-refractivity contribution in [2.75, 3.05) is 12.6 Å². The van der Waals surface area contributed by atoms with E-state index < -0.39 is 5.41 Å². The maximum Gasteiger partial charge on any atom is 0.337 e. The molecule has 0 aliphatic carbocycles. The molecule has 0 aromatic heterocycles. The minimum atomic E-state index is -0.547. The Morgan fingerprint density at radius 3 is 2.08 bits per heavy atom. The van der Waals surface area contributed by atoms with Crippen LogP contribution in [0, 0.1) is 5.41 Å². The zero-order valence-electron chi connectivity index (χ0n) is 14.5. The Balaban J connectivity index is 1.84. The first kappa shape index (κ1) is 17.7. The van der Waals surface area contributed by atoms with Crippen LogP contribution in [0.1, 0.15) is 26.3 Å². The Labute approximate surface area is 142 Å². The van der Waals surface area contributed by atoms with Gasteiger partial charge < -0.3 is 14.3 Å². The van der Waals surface area contributed by atoms with Gasteiger partial charge in [-0.15, -0.1) is 0 Å². The van der Waals surface area contributed by atoms with Crippen molar-refractivity contribution in [2.24, 2.45) is 5.41 Å². The summed E-state index contributed by atoms with van der Waals surface area (Å²) in [6, 6.07) is 14.9. The zero-order chi connectivity index (χ0) is 17.6. The van der Waals surface area contributed by atoms with E-state index in [-0.39, 0.29) is 5.97 Å². The molecule has 1 N–H and O–H groups in total. The van der Waals surface area contributed by atoms with Crippen molar-refractivity contribution in [3.05, 3.63) is 54.1 Å². The van der Waals surface area contributed by atoms with E-state index in [2.05, 4.69) is 5.48 Å². The first-order valence-corrected chi connectivity index (χ1v) is 7.71. The molecule has 0 saturated carbocycles. The zero-order valence-corrected chi connectivity index (χ0v) is 14.5. The number of benzene rings is 2. The molecule has 0 saturated heterocycles. The maximum atomic E-state index is 11.7. The fraction of sp³-hybridized carbons (Fsp3) is 0.316. The maximum absolute atomic E-state index is 11.7. The predicted octanol–water partition coefficient (Wildman–Crippen LogP) is 4.19. The number of carbonyl (C=O) groups excluding carboxylic acids is 1. The summed E-state index contributed by atoms with van der Waals surface area (Å²) < 4.78 is 10.8. The van der Waals surface area contributed by atoms with Gasteiger partial charge in [-0.1, -0.05) is 12.1 Å². The highest BCUT2D eigenvalue weighted by molar-refractivity contribution is 5.76. The number of anilines is 1. The number of nitrogens with one attached hydrogen (secondary N) is 1. The lowest BCUT2D eigenvalue weighted by molar-refractivity contribution is -0.149. The monoisotopic (exact) mass is 329 g/mol. The first-order valence-electron chi connectivity index (χ1n) is 7.71. The molecule has 2 rings (SSSR count). The highest BCUT2D eigenvalue weighted by Gasteiger charge is 2.23.